The Kier molecular flexibility index (Phi) is 3.88. The molecular formula is C14H17BrN2O3. The van der Waals surface area contributed by atoms with Crippen LogP contribution in [-0.4, -0.2) is 29.0 Å². The van der Waals surface area contributed by atoms with Crippen molar-refractivity contribution in [1.29, 1.82) is 0 Å². The summed E-state index contributed by atoms with van der Waals surface area (Å²) in [6.45, 7) is 5.34. The fraction of sp³-hybridized carbons (Fsp3) is 0.429. The highest BCUT2D eigenvalue weighted by Crippen LogP contribution is 2.32. The van der Waals surface area contributed by atoms with E-state index in [1.54, 1.807) is 37.8 Å². The summed E-state index contributed by atoms with van der Waals surface area (Å²) >= 11 is 3.41. The number of carbonyl (C=O) groups is 2. The summed E-state index contributed by atoms with van der Waals surface area (Å²) in [5.74, 6) is -0.630. The van der Waals surface area contributed by atoms with Crippen molar-refractivity contribution in [3.63, 3.8) is 0 Å². The highest BCUT2D eigenvalue weighted by Gasteiger charge is 2.41. The number of imide groups is 1. The normalized spacial score (nSPS) is 19.8. The molecule has 0 saturated carbocycles. The molecule has 1 aromatic carbocycles. The molecule has 1 heterocycles. The fourth-order valence-corrected chi connectivity index (χ4v) is 2.92. The van der Waals surface area contributed by atoms with E-state index in [0.717, 1.165) is 15.7 Å². The maximum Gasteiger partial charge on any atom is 0.251 e. The second-order valence-electron chi connectivity index (χ2n) is 5.40. The minimum atomic E-state index is -0.806. The highest BCUT2D eigenvalue weighted by atomic mass is 79.9. The number of nitrogens with one attached hydrogen (secondary N) is 1. The van der Waals surface area contributed by atoms with E-state index in [1.165, 1.54) is 0 Å². The summed E-state index contributed by atoms with van der Waals surface area (Å²) in [6, 6.07) is 5.41. The quantitative estimate of drug-likeness (QED) is 0.804. The van der Waals surface area contributed by atoms with Gasteiger partial charge in [0.05, 0.1) is 12.6 Å². The van der Waals surface area contributed by atoms with Crippen molar-refractivity contribution in [2.45, 2.75) is 32.4 Å². The van der Waals surface area contributed by atoms with Gasteiger partial charge in [-0.25, -0.2) is 0 Å². The van der Waals surface area contributed by atoms with Crippen LogP contribution in [-0.2, 0) is 9.59 Å². The van der Waals surface area contributed by atoms with Gasteiger partial charge in [-0.15, -0.1) is 0 Å². The number of carbonyl (C=O) groups excluding carboxylic acids is 2. The molecule has 2 N–H and O–H groups in total. The van der Waals surface area contributed by atoms with Gasteiger partial charge in [0.1, 0.15) is 5.54 Å². The SMILES string of the molecule is CC(O)c1ccc(N2CC(=O)NC(=O)C2(C)C)cc1Br. The van der Waals surface area contributed by atoms with Crippen molar-refractivity contribution in [1.82, 2.24) is 5.32 Å². The summed E-state index contributed by atoms with van der Waals surface area (Å²) in [4.78, 5) is 25.3. The van der Waals surface area contributed by atoms with Crippen LogP contribution in [0, 0.1) is 0 Å². The van der Waals surface area contributed by atoms with Crippen molar-refractivity contribution >= 4 is 33.4 Å². The number of piperazine rings is 1. The topological polar surface area (TPSA) is 69.6 Å². The molecule has 1 saturated heterocycles. The van der Waals surface area contributed by atoms with Crippen LogP contribution in [0.4, 0.5) is 5.69 Å². The van der Waals surface area contributed by atoms with Gasteiger partial charge in [0.15, 0.2) is 0 Å². The van der Waals surface area contributed by atoms with Crippen LogP contribution in [0.3, 0.4) is 0 Å². The molecule has 20 heavy (non-hydrogen) atoms. The van der Waals surface area contributed by atoms with Gasteiger partial charge in [-0.05, 0) is 38.5 Å². The Balaban J connectivity index is 2.42. The zero-order valence-corrected chi connectivity index (χ0v) is 13.2. The molecule has 1 aromatic rings. The van der Waals surface area contributed by atoms with Crippen LogP contribution in [0.5, 0.6) is 0 Å². The van der Waals surface area contributed by atoms with Gasteiger partial charge in [0, 0.05) is 10.2 Å². The largest absolute Gasteiger partial charge is 0.389 e. The molecular weight excluding hydrogens is 324 g/mol. The molecule has 1 atom stereocenters. The van der Waals surface area contributed by atoms with E-state index in [2.05, 4.69) is 21.2 Å². The van der Waals surface area contributed by atoms with Crippen LogP contribution in [0.2, 0.25) is 0 Å². The van der Waals surface area contributed by atoms with Gasteiger partial charge in [0.25, 0.3) is 5.91 Å². The number of aliphatic hydroxyl groups excluding tert-OH is 1. The van der Waals surface area contributed by atoms with Crippen molar-refractivity contribution < 1.29 is 14.7 Å². The minimum Gasteiger partial charge on any atom is -0.389 e. The number of hydrogen-bond acceptors (Lipinski definition) is 4. The first-order valence-electron chi connectivity index (χ1n) is 6.33. The van der Waals surface area contributed by atoms with E-state index in [-0.39, 0.29) is 18.4 Å². The Labute approximate surface area is 126 Å². The van der Waals surface area contributed by atoms with E-state index in [9.17, 15) is 14.7 Å². The van der Waals surface area contributed by atoms with Gasteiger partial charge >= 0.3 is 0 Å². The van der Waals surface area contributed by atoms with Crippen LogP contribution >= 0.6 is 15.9 Å². The molecule has 0 radical (unpaired) electrons. The van der Waals surface area contributed by atoms with Gasteiger partial charge in [-0.1, -0.05) is 22.0 Å². The molecule has 1 aliphatic rings. The second kappa shape index (κ2) is 5.18. The maximum absolute atomic E-state index is 11.9. The lowest BCUT2D eigenvalue weighted by Crippen LogP contribution is -2.64. The Morgan fingerprint density at radius 2 is 2.05 bits per heavy atom. The first kappa shape index (κ1) is 15.0. The summed E-state index contributed by atoms with van der Waals surface area (Å²) in [7, 11) is 0. The number of amides is 2. The van der Waals surface area contributed by atoms with Gasteiger partial charge in [-0.3, -0.25) is 14.9 Å². The third-order valence-electron chi connectivity index (χ3n) is 3.53. The van der Waals surface area contributed by atoms with Crippen molar-refractivity contribution in [2.24, 2.45) is 0 Å². The molecule has 108 valence electrons. The summed E-state index contributed by atoms with van der Waals surface area (Å²) < 4.78 is 0.749. The molecule has 2 rings (SSSR count). The summed E-state index contributed by atoms with van der Waals surface area (Å²) in [5.41, 5.74) is 0.716. The molecule has 0 aromatic heterocycles. The summed E-state index contributed by atoms with van der Waals surface area (Å²) in [6.07, 6.45) is -0.585. The molecule has 2 amide bonds. The molecule has 1 fully saturated rings. The lowest BCUT2D eigenvalue weighted by atomic mass is 9.97. The van der Waals surface area contributed by atoms with Crippen LogP contribution in [0.15, 0.2) is 22.7 Å². The molecule has 1 unspecified atom stereocenters. The van der Waals surface area contributed by atoms with E-state index < -0.39 is 11.6 Å². The second-order valence-corrected chi connectivity index (χ2v) is 6.26. The molecule has 5 nitrogen and oxygen atoms in total. The number of halogens is 1. The van der Waals surface area contributed by atoms with E-state index >= 15 is 0 Å². The van der Waals surface area contributed by atoms with Crippen LogP contribution in [0.1, 0.15) is 32.4 Å². The third-order valence-corrected chi connectivity index (χ3v) is 4.22. The lowest BCUT2D eigenvalue weighted by Gasteiger charge is -2.42. The van der Waals surface area contributed by atoms with Gasteiger partial charge in [0.2, 0.25) is 5.91 Å². The smallest absolute Gasteiger partial charge is 0.251 e. The Morgan fingerprint density at radius 3 is 2.60 bits per heavy atom. The van der Waals surface area contributed by atoms with E-state index in [4.69, 9.17) is 0 Å². The van der Waals surface area contributed by atoms with Crippen molar-refractivity contribution in [3.8, 4) is 0 Å². The third kappa shape index (κ3) is 2.58. The Bertz CT molecular complexity index is 570. The standard InChI is InChI=1S/C14H17BrN2O3/c1-8(18)10-5-4-9(6-11(10)15)17-7-12(19)16-13(20)14(17,2)3/h4-6,8,18H,7H2,1-3H3,(H,16,19,20). The number of benzene rings is 1. The molecule has 6 heteroatoms. The zero-order chi connectivity index (χ0) is 15.1. The highest BCUT2D eigenvalue weighted by molar-refractivity contribution is 9.10. The average Bonchev–Trinajstić information content (AvgIpc) is 2.33. The van der Waals surface area contributed by atoms with Gasteiger partial charge < -0.3 is 10.0 Å². The first-order chi connectivity index (χ1) is 9.23. The molecule has 1 aliphatic heterocycles. The van der Waals surface area contributed by atoms with Crippen molar-refractivity contribution in [3.05, 3.63) is 28.2 Å². The van der Waals surface area contributed by atoms with E-state index in [1.807, 2.05) is 6.07 Å². The molecule has 0 aliphatic carbocycles. The van der Waals surface area contributed by atoms with Gasteiger partial charge in [-0.2, -0.15) is 0 Å². The fourth-order valence-electron chi connectivity index (χ4n) is 2.22. The average molecular weight is 341 g/mol. The molecule has 0 bridgehead atoms. The van der Waals surface area contributed by atoms with Crippen LogP contribution in [0.25, 0.3) is 0 Å². The number of hydrogen-bond donors (Lipinski definition) is 2. The Hall–Kier alpha value is -1.40. The zero-order valence-electron chi connectivity index (χ0n) is 11.6. The number of nitrogens with zero attached hydrogens (tertiary/aromatic N) is 1. The molecule has 0 spiro atoms. The number of aliphatic hydroxyl groups is 1. The first-order valence-corrected chi connectivity index (χ1v) is 7.12. The van der Waals surface area contributed by atoms with E-state index in [0.29, 0.717) is 0 Å². The lowest BCUT2D eigenvalue weighted by molar-refractivity contribution is -0.135. The monoisotopic (exact) mass is 340 g/mol. The van der Waals surface area contributed by atoms with Crippen molar-refractivity contribution in [2.75, 3.05) is 11.4 Å². The predicted molar refractivity (Wildman–Crippen MR) is 79.4 cm³/mol. The maximum atomic E-state index is 11.9. The number of rotatable bonds is 2. The number of anilines is 1. The predicted octanol–water partition coefficient (Wildman–Crippen LogP) is 1.74. The Morgan fingerprint density at radius 1 is 1.40 bits per heavy atom. The minimum absolute atomic E-state index is 0.124. The van der Waals surface area contributed by atoms with Crippen LogP contribution < -0.4 is 10.2 Å². The summed E-state index contributed by atoms with van der Waals surface area (Å²) in [5, 5.41) is 12.0.